The number of aromatic nitrogens is 4. The molecule has 4 aromatic rings. The number of anilines is 1. The maximum absolute atomic E-state index is 11.8. The quantitative estimate of drug-likeness (QED) is 0.272. The summed E-state index contributed by atoms with van der Waals surface area (Å²) in [7, 11) is -1.54. The number of aryl methyl sites for hydroxylation is 1. The predicted molar refractivity (Wildman–Crippen MR) is 123 cm³/mol. The summed E-state index contributed by atoms with van der Waals surface area (Å²) in [4.78, 5) is 21.2. The van der Waals surface area contributed by atoms with Crippen LogP contribution in [-0.2, 0) is 13.0 Å². The minimum atomic E-state index is -1.54. The second-order valence-corrected chi connectivity index (χ2v) is 7.76. The van der Waals surface area contributed by atoms with Crippen LogP contribution in [0.5, 0.6) is 5.75 Å². The lowest BCUT2D eigenvalue weighted by Gasteiger charge is -2.20. The first-order valence-corrected chi connectivity index (χ1v) is 10.5. The Morgan fingerprint density at radius 3 is 2.88 bits per heavy atom. The number of carbonyl (C=O) groups excluding carboxylic acids is 1. The molecule has 6 N–H and O–H groups in total. The standard InChI is InChI=1S/C22H21BN6O4/c24-20(30)15-7-2-6-14-17(15)28-29-18(14)21-26-16-8-3-9-33-19(16)22(27-21)25-11-12-4-1-5-13(10-12)23(31)32/h1-2,4-7,10,31-32H,3,8-9,11H2,(H2,24,30)(H,28,29)(H,25,26,27). The Morgan fingerprint density at radius 2 is 2.06 bits per heavy atom. The molecule has 1 amide bonds. The van der Waals surface area contributed by atoms with Crippen LogP contribution in [0.15, 0.2) is 42.5 Å². The van der Waals surface area contributed by atoms with E-state index in [2.05, 4.69) is 15.5 Å². The molecule has 0 atom stereocenters. The first kappa shape index (κ1) is 20.9. The molecule has 0 saturated carbocycles. The summed E-state index contributed by atoms with van der Waals surface area (Å²) in [5, 5.41) is 30.1. The van der Waals surface area contributed by atoms with E-state index in [4.69, 9.17) is 20.4 Å². The molecule has 0 radical (unpaired) electrons. The van der Waals surface area contributed by atoms with Crippen molar-refractivity contribution in [2.24, 2.45) is 5.73 Å². The van der Waals surface area contributed by atoms with Gasteiger partial charge in [0.05, 0.1) is 17.9 Å². The summed E-state index contributed by atoms with van der Waals surface area (Å²) >= 11 is 0. The molecule has 0 aliphatic carbocycles. The first-order chi connectivity index (χ1) is 16.0. The highest BCUT2D eigenvalue weighted by Crippen LogP contribution is 2.34. The van der Waals surface area contributed by atoms with Crippen LogP contribution >= 0.6 is 0 Å². The molecule has 2 aromatic carbocycles. The third-order valence-electron chi connectivity index (χ3n) is 5.52. The topological polar surface area (TPSA) is 159 Å². The number of aromatic amines is 1. The Morgan fingerprint density at radius 1 is 1.21 bits per heavy atom. The van der Waals surface area contributed by atoms with Gasteiger partial charge in [0.15, 0.2) is 17.4 Å². The third kappa shape index (κ3) is 3.99. The van der Waals surface area contributed by atoms with Crippen molar-refractivity contribution >= 4 is 35.2 Å². The number of benzene rings is 2. The second kappa shape index (κ2) is 8.53. The van der Waals surface area contributed by atoms with Gasteiger partial charge in [-0.15, -0.1) is 0 Å². The molecule has 2 aromatic heterocycles. The summed E-state index contributed by atoms with van der Waals surface area (Å²) in [5.41, 5.74) is 8.89. The number of primary amides is 1. The van der Waals surface area contributed by atoms with Gasteiger partial charge in [-0.3, -0.25) is 9.89 Å². The molecule has 33 heavy (non-hydrogen) atoms. The van der Waals surface area contributed by atoms with Crippen LogP contribution in [0.3, 0.4) is 0 Å². The summed E-state index contributed by atoms with van der Waals surface area (Å²) in [5.74, 6) is 0.991. The molecule has 1 aliphatic rings. The van der Waals surface area contributed by atoms with E-state index in [0.29, 0.717) is 58.2 Å². The number of nitrogens with one attached hydrogen (secondary N) is 2. The Hall–Kier alpha value is -3.96. The largest absolute Gasteiger partial charge is 0.488 e. The van der Waals surface area contributed by atoms with Crippen LogP contribution in [0.1, 0.15) is 28.0 Å². The van der Waals surface area contributed by atoms with E-state index in [1.165, 1.54) is 0 Å². The highest BCUT2D eigenvalue weighted by Gasteiger charge is 2.23. The number of carbonyl (C=O) groups is 1. The Labute approximate surface area is 189 Å². The molecule has 0 saturated heterocycles. The fourth-order valence-corrected chi connectivity index (χ4v) is 3.92. The third-order valence-corrected chi connectivity index (χ3v) is 5.52. The van der Waals surface area contributed by atoms with E-state index in [0.717, 1.165) is 24.1 Å². The average molecular weight is 444 g/mol. The lowest BCUT2D eigenvalue weighted by molar-refractivity contribution is 0.100. The Kier molecular flexibility index (Phi) is 5.41. The van der Waals surface area contributed by atoms with E-state index >= 15 is 0 Å². The fraction of sp³-hybridized carbons (Fsp3) is 0.182. The number of ether oxygens (including phenoxy) is 1. The monoisotopic (exact) mass is 444 g/mol. The number of hydrogen-bond acceptors (Lipinski definition) is 8. The molecule has 11 heteroatoms. The molecule has 0 unspecified atom stereocenters. The normalized spacial score (nSPS) is 12.8. The van der Waals surface area contributed by atoms with E-state index in [9.17, 15) is 14.8 Å². The molecule has 0 spiro atoms. The van der Waals surface area contributed by atoms with Gasteiger partial charge >= 0.3 is 7.12 Å². The summed E-state index contributed by atoms with van der Waals surface area (Å²) in [6, 6.07) is 12.2. The Bertz CT molecular complexity index is 1360. The molecular formula is C22H21BN6O4. The van der Waals surface area contributed by atoms with Crippen LogP contribution in [0, 0.1) is 0 Å². The highest BCUT2D eigenvalue weighted by molar-refractivity contribution is 6.58. The number of fused-ring (bicyclic) bond motifs is 2. The zero-order chi connectivity index (χ0) is 22.9. The first-order valence-electron chi connectivity index (χ1n) is 10.5. The van der Waals surface area contributed by atoms with Gasteiger partial charge in [0.2, 0.25) is 0 Å². The van der Waals surface area contributed by atoms with Crippen molar-refractivity contribution in [3.63, 3.8) is 0 Å². The van der Waals surface area contributed by atoms with Gasteiger partial charge < -0.3 is 25.8 Å². The van der Waals surface area contributed by atoms with Crippen LogP contribution in [0.4, 0.5) is 5.82 Å². The molecular weight excluding hydrogens is 423 g/mol. The van der Waals surface area contributed by atoms with Crippen molar-refractivity contribution in [2.75, 3.05) is 11.9 Å². The maximum Gasteiger partial charge on any atom is 0.488 e. The highest BCUT2D eigenvalue weighted by atomic mass is 16.5. The number of hydrogen-bond donors (Lipinski definition) is 5. The molecule has 0 bridgehead atoms. The zero-order valence-corrected chi connectivity index (χ0v) is 17.6. The van der Waals surface area contributed by atoms with E-state index < -0.39 is 13.0 Å². The number of nitrogens with two attached hydrogens (primary N) is 1. The fourth-order valence-electron chi connectivity index (χ4n) is 3.92. The van der Waals surface area contributed by atoms with E-state index in [1.54, 1.807) is 30.3 Å². The minimum absolute atomic E-state index is 0.320. The van der Waals surface area contributed by atoms with Crippen molar-refractivity contribution in [1.82, 2.24) is 20.2 Å². The van der Waals surface area contributed by atoms with Crippen molar-refractivity contribution in [2.45, 2.75) is 19.4 Å². The Balaban J connectivity index is 1.54. The number of nitrogens with zero attached hydrogens (tertiary/aromatic N) is 3. The van der Waals surface area contributed by atoms with Crippen LogP contribution in [0.25, 0.3) is 22.4 Å². The molecule has 166 valence electrons. The van der Waals surface area contributed by atoms with Gasteiger partial charge in [-0.1, -0.05) is 36.4 Å². The molecule has 10 nitrogen and oxygen atoms in total. The van der Waals surface area contributed by atoms with Crippen LogP contribution in [0.2, 0.25) is 0 Å². The molecule has 5 rings (SSSR count). The second-order valence-electron chi connectivity index (χ2n) is 7.76. The SMILES string of the molecule is NC(=O)c1cccc2c(-c3nc4c(c(NCc5cccc(B(O)O)c5)n3)OCCC4)[nH]nc12. The van der Waals surface area contributed by atoms with Crippen LogP contribution < -0.4 is 21.3 Å². The predicted octanol–water partition coefficient (Wildman–Crippen LogP) is 0.736. The number of amides is 1. The average Bonchev–Trinajstić information content (AvgIpc) is 3.26. The van der Waals surface area contributed by atoms with E-state index in [-0.39, 0.29) is 0 Å². The van der Waals surface area contributed by atoms with Gasteiger partial charge in [0.25, 0.3) is 5.91 Å². The van der Waals surface area contributed by atoms with Crippen molar-refractivity contribution in [1.29, 1.82) is 0 Å². The lowest BCUT2D eigenvalue weighted by atomic mass is 9.80. The lowest BCUT2D eigenvalue weighted by Crippen LogP contribution is -2.30. The smallest absolute Gasteiger partial charge is 0.488 e. The molecule has 1 aliphatic heterocycles. The van der Waals surface area contributed by atoms with Gasteiger partial charge in [-0.25, -0.2) is 9.97 Å². The number of rotatable bonds is 6. The number of H-pyrrole nitrogens is 1. The number of para-hydroxylation sites is 1. The van der Waals surface area contributed by atoms with Crippen molar-refractivity contribution < 1.29 is 19.6 Å². The van der Waals surface area contributed by atoms with Crippen LogP contribution in [-0.4, -0.2) is 49.8 Å². The van der Waals surface area contributed by atoms with Crippen molar-refractivity contribution in [3.05, 3.63) is 59.3 Å². The maximum atomic E-state index is 11.8. The summed E-state index contributed by atoms with van der Waals surface area (Å²) in [6.45, 7) is 0.966. The van der Waals surface area contributed by atoms with E-state index in [1.807, 2.05) is 12.1 Å². The van der Waals surface area contributed by atoms with Gasteiger partial charge in [0.1, 0.15) is 11.2 Å². The van der Waals surface area contributed by atoms with Crippen molar-refractivity contribution in [3.8, 4) is 17.3 Å². The summed E-state index contributed by atoms with van der Waals surface area (Å²) < 4.78 is 5.86. The van der Waals surface area contributed by atoms with Gasteiger partial charge in [0, 0.05) is 11.9 Å². The zero-order valence-electron chi connectivity index (χ0n) is 17.6. The summed E-state index contributed by atoms with van der Waals surface area (Å²) in [6.07, 6.45) is 1.58. The molecule has 0 fully saturated rings. The molecule has 3 heterocycles. The van der Waals surface area contributed by atoms with Gasteiger partial charge in [-0.05, 0) is 29.9 Å². The van der Waals surface area contributed by atoms with Gasteiger partial charge in [-0.2, -0.15) is 5.10 Å². The minimum Gasteiger partial charge on any atom is -0.488 e.